The lowest BCUT2D eigenvalue weighted by atomic mass is 10.0. The van der Waals surface area contributed by atoms with Gasteiger partial charge in [0.05, 0.1) is 5.69 Å². The number of hydrogen-bond donors (Lipinski definition) is 1. The molecule has 0 fully saturated rings. The summed E-state index contributed by atoms with van der Waals surface area (Å²) >= 11 is 0. The van der Waals surface area contributed by atoms with Crippen LogP contribution in [0.2, 0.25) is 0 Å². The second-order valence-corrected chi connectivity index (χ2v) is 4.83. The van der Waals surface area contributed by atoms with Crippen LogP contribution in [0.4, 0.5) is 10.1 Å². The zero-order valence-corrected chi connectivity index (χ0v) is 12.3. The molecule has 0 saturated heterocycles. The fraction of sp³-hybridized carbons (Fsp3) is 0.235. The van der Waals surface area contributed by atoms with Crippen molar-refractivity contribution in [1.82, 2.24) is 5.32 Å². The van der Waals surface area contributed by atoms with E-state index in [-0.39, 0.29) is 11.6 Å². The molecule has 2 aromatic carbocycles. The lowest BCUT2D eigenvalue weighted by Gasteiger charge is -2.19. The molecule has 0 aromatic heterocycles. The predicted octanol–water partition coefficient (Wildman–Crippen LogP) is 2.86. The number of rotatable bonds is 5. The number of amides is 1. The maximum absolute atomic E-state index is 13.8. The van der Waals surface area contributed by atoms with Gasteiger partial charge in [-0.05, 0) is 43.8 Å². The summed E-state index contributed by atoms with van der Waals surface area (Å²) in [5, 5.41) is 3.07. The number of halogens is 1. The summed E-state index contributed by atoms with van der Waals surface area (Å²) in [7, 11) is 3.46. The van der Waals surface area contributed by atoms with Gasteiger partial charge in [-0.15, -0.1) is 0 Å². The van der Waals surface area contributed by atoms with Crippen molar-refractivity contribution in [1.29, 1.82) is 0 Å². The Hall–Kier alpha value is -2.20. The molecule has 0 heterocycles. The van der Waals surface area contributed by atoms with Crippen LogP contribution in [-0.4, -0.2) is 26.5 Å². The lowest BCUT2D eigenvalue weighted by molar-refractivity contribution is 0.0991. The van der Waals surface area contributed by atoms with Crippen molar-refractivity contribution in [2.45, 2.75) is 6.42 Å². The van der Waals surface area contributed by atoms with Gasteiger partial charge in [0.15, 0.2) is 0 Å². The molecule has 110 valence electrons. The van der Waals surface area contributed by atoms with Crippen molar-refractivity contribution in [2.24, 2.45) is 0 Å². The largest absolute Gasteiger partial charge is 0.319 e. The van der Waals surface area contributed by atoms with Crippen LogP contribution < -0.4 is 10.2 Å². The first-order valence-corrected chi connectivity index (χ1v) is 6.90. The molecule has 0 atom stereocenters. The van der Waals surface area contributed by atoms with Crippen molar-refractivity contribution < 1.29 is 9.18 Å². The molecule has 1 amide bonds. The Morgan fingerprint density at radius 1 is 1.14 bits per heavy atom. The molecule has 4 heteroatoms. The van der Waals surface area contributed by atoms with E-state index in [0.717, 1.165) is 18.5 Å². The number of nitrogens with zero attached hydrogens (tertiary/aromatic N) is 1. The van der Waals surface area contributed by atoms with Crippen molar-refractivity contribution in [2.75, 3.05) is 25.5 Å². The van der Waals surface area contributed by atoms with Gasteiger partial charge in [0, 0.05) is 12.6 Å². The first kappa shape index (κ1) is 15.2. The average Bonchev–Trinajstić information content (AvgIpc) is 2.52. The minimum absolute atomic E-state index is 0.202. The van der Waals surface area contributed by atoms with E-state index in [0.29, 0.717) is 5.56 Å². The molecule has 21 heavy (non-hydrogen) atoms. The molecule has 2 rings (SSSR count). The summed E-state index contributed by atoms with van der Waals surface area (Å²) in [4.78, 5) is 14.0. The summed E-state index contributed by atoms with van der Waals surface area (Å²) < 4.78 is 13.8. The molecule has 3 nitrogen and oxygen atoms in total. The van der Waals surface area contributed by atoms with Gasteiger partial charge in [-0.25, -0.2) is 4.39 Å². The highest BCUT2D eigenvalue weighted by Gasteiger charge is 2.18. The number of benzene rings is 2. The SMILES string of the molecule is CNCCc1ccccc1C(=O)N(C)c1ccccc1F. The summed E-state index contributed by atoms with van der Waals surface area (Å²) in [5.74, 6) is -0.604. The number of hydrogen-bond acceptors (Lipinski definition) is 2. The maximum Gasteiger partial charge on any atom is 0.258 e. The van der Waals surface area contributed by atoms with Crippen molar-refractivity contribution in [3.8, 4) is 0 Å². The number of likely N-dealkylation sites (N-methyl/N-ethyl adjacent to an activating group) is 1. The smallest absolute Gasteiger partial charge is 0.258 e. The van der Waals surface area contributed by atoms with E-state index >= 15 is 0 Å². The van der Waals surface area contributed by atoms with Crippen LogP contribution >= 0.6 is 0 Å². The van der Waals surface area contributed by atoms with Crippen molar-refractivity contribution in [3.63, 3.8) is 0 Å². The van der Waals surface area contributed by atoms with Crippen LogP contribution in [-0.2, 0) is 6.42 Å². The molecule has 0 unspecified atom stereocenters. The lowest BCUT2D eigenvalue weighted by Crippen LogP contribution is -2.28. The fourth-order valence-corrected chi connectivity index (χ4v) is 2.22. The van der Waals surface area contributed by atoms with E-state index < -0.39 is 5.82 Å². The molecule has 2 aromatic rings. The van der Waals surface area contributed by atoms with Gasteiger partial charge in [0.1, 0.15) is 5.82 Å². The van der Waals surface area contributed by atoms with Crippen LogP contribution in [0.5, 0.6) is 0 Å². The number of para-hydroxylation sites is 1. The van der Waals surface area contributed by atoms with Crippen molar-refractivity contribution in [3.05, 3.63) is 65.5 Å². The van der Waals surface area contributed by atoms with E-state index in [4.69, 9.17) is 0 Å². The van der Waals surface area contributed by atoms with E-state index in [1.54, 1.807) is 31.3 Å². The standard InChI is InChI=1S/C17H19FN2O/c1-19-12-11-13-7-3-4-8-14(13)17(21)20(2)16-10-6-5-9-15(16)18/h3-10,19H,11-12H2,1-2H3. The Balaban J connectivity index is 2.30. The maximum atomic E-state index is 13.8. The van der Waals surface area contributed by atoms with E-state index in [1.165, 1.54) is 11.0 Å². The zero-order chi connectivity index (χ0) is 15.2. The first-order valence-electron chi connectivity index (χ1n) is 6.90. The van der Waals surface area contributed by atoms with E-state index in [1.807, 2.05) is 25.2 Å². The van der Waals surface area contributed by atoms with Crippen LogP contribution in [0, 0.1) is 5.82 Å². The second kappa shape index (κ2) is 6.99. The molecule has 0 spiro atoms. The predicted molar refractivity (Wildman–Crippen MR) is 83.2 cm³/mol. The van der Waals surface area contributed by atoms with Gasteiger partial charge in [0.2, 0.25) is 0 Å². The van der Waals surface area contributed by atoms with Gasteiger partial charge in [-0.2, -0.15) is 0 Å². The summed E-state index contributed by atoms with van der Waals surface area (Å²) in [6, 6.07) is 13.7. The van der Waals surface area contributed by atoms with Crippen LogP contribution in [0.3, 0.4) is 0 Å². The van der Waals surface area contributed by atoms with Crippen LogP contribution in [0.1, 0.15) is 15.9 Å². The Labute approximate surface area is 124 Å². The highest BCUT2D eigenvalue weighted by atomic mass is 19.1. The molecule has 0 aliphatic rings. The molecular formula is C17H19FN2O. The number of nitrogens with one attached hydrogen (secondary N) is 1. The molecule has 1 N–H and O–H groups in total. The third-order valence-electron chi connectivity index (χ3n) is 3.41. The topological polar surface area (TPSA) is 32.3 Å². The van der Waals surface area contributed by atoms with Crippen molar-refractivity contribution >= 4 is 11.6 Å². The quantitative estimate of drug-likeness (QED) is 0.916. The molecule has 0 aliphatic carbocycles. The monoisotopic (exact) mass is 286 g/mol. The summed E-state index contributed by atoms with van der Waals surface area (Å²) in [6.07, 6.45) is 0.753. The van der Waals surface area contributed by atoms with Gasteiger partial charge in [0.25, 0.3) is 5.91 Å². The average molecular weight is 286 g/mol. The molecule has 0 bridgehead atoms. The highest BCUT2D eigenvalue weighted by Crippen LogP contribution is 2.21. The second-order valence-electron chi connectivity index (χ2n) is 4.83. The van der Waals surface area contributed by atoms with E-state index in [2.05, 4.69) is 5.32 Å². The Bertz CT molecular complexity index is 628. The molecule has 0 aliphatic heterocycles. The fourth-order valence-electron chi connectivity index (χ4n) is 2.22. The Morgan fingerprint density at radius 2 is 1.81 bits per heavy atom. The van der Waals surface area contributed by atoms with Gasteiger partial charge in [-0.1, -0.05) is 30.3 Å². The molecule has 0 saturated carbocycles. The Morgan fingerprint density at radius 3 is 2.52 bits per heavy atom. The highest BCUT2D eigenvalue weighted by molar-refractivity contribution is 6.06. The zero-order valence-electron chi connectivity index (χ0n) is 12.3. The van der Waals surface area contributed by atoms with Crippen LogP contribution in [0.25, 0.3) is 0 Å². The third-order valence-corrected chi connectivity index (χ3v) is 3.41. The van der Waals surface area contributed by atoms with Crippen LogP contribution in [0.15, 0.2) is 48.5 Å². The number of carbonyl (C=O) groups excluding carboxylic acids is 1. The summed E-state index contributed by atoms with van der Waals surface area (Å²) in [6.45, 7) is 0.785. The molecule has 0 radical (unpaired) electrons. The van der Waals surface area contributed by atoms with E-state index in [9.17, 15) is 9.18 Å². The minimum atomic E-state index is -0.402. The van der Waals surface area contributed by atoms with Gasteiger partial charge in [-0.3, -0.25) is 4.79 Å². The van der Waals surface area contributed by atoms with Gasteiger partial charge < -0.3 is 10.2 Å². The minimum Gasteiger partial charge on any atom is -0.319 e. The first-order chi connectivity index (χ1) is 10.1. The summed E-state index contributed by atoms with van der Waals surface area (Å²) in [5.41, 5.74) is 1.85. The molecular weight excluding hydrogens is 267 g/mol. The third kappa shape index (κ3) is 3.47. The van der Waals surface area contributed by atoms with Gasteiger partial charge >= 0.3 is 0 Å². The number of anilines is 1. The Kier molecular flexibility index (Phi) is 5.06. The normalized spacial score (nSPS) is 10.4. The number of carbonyl (C=O) groups is 1.